The summed E-state index contributed by atoms with van der Waals surface area (Å²) < 4.78 is 0. The minimum atomic E-state index is 0.561. The van der Waals surface area contributed by atoms with Crippen molar-refractivity contribution >= 4 is 22.7 Å². The molecule has 0 aliphatic heterocycles. The molecule has 0 atom stereocenters. The predicted octanol–water partition coefficient (Wildman–Crippen LogP) is 4.32. The molecule has 0 saturated heterocycles. The van der Waals surface area contributed by atoms with Crippen molar-refractivity contribution in [3.8, 4) is 0 Å². The highest BCUT2D eigenvalue weighted by molar-refractivity contribution is 5.67. The normalized spacial score (nSPS) is 15.8. The van der Waals surface area contributed by atoms with Gasteiger partial charge in [-0.1, -0.05) is 19.3 Å². The SMILES string of the molecule is Nc1ccc(N(c2ccc(N)cc2)C2CCCCC2)cc1. The van der Waals surface area contributed by atoms with E-state index in [1.807, 2.05) is 24.3 Å². The van der Waals surface area contributed by atoms with Crippen LogP contribution in [0.1, 0.15) is 32.1 Å². The first-order valence-electron chi connectivity index (χ1n) is 7.74. The van der Waals surface area contributed by atoms with Crippen LogP contribution in [-0.2, 0) is 0 Å². The van der Waals surface area contributed by atoms with E-state index in [-0.39, 0.29) is 0 Å². The van der Waals surface area contributed by atoms with Crippen LogP contribution in [0.25, 0.3) is 0 Å². The van der Waals surface area contributed by atoms with Crippen molar-refractivity contribution in [3.63, 3.8) is 0 Å². The highest BCUT2D eigenvalue weighted by Crippen LogP contribution is 2.34. The summed E-state index contributed by atoms with van der Waals surface area (Å²) in [6.07, 6.45) is 6.47. The van der Waals surface area contributed by atoms with Crippen LogP contribution in [0.3, 0.4) is 0 Å². The van der Waals surface area contributed by atoms with E-state index >= 15 is 0 Å². The predicted molar refractivity (Wildman–Crippen MR) is 90.7 cm³/mol. The number of nitrogen functional groups attached to an aromatic ring is 2. The van der Waals surface area contributed by atoms with Gasteiger partial charge in [0.05, 0.1) is 0 Å². The maximum atomic E-state index is 5.83. The smallest absolute Gasteiger partial charge is 0.0414 e. The summed E-state index contributed by atoms with van der Waals surface area (Å²) in [5.74, 6) is 0. The number of rotatable bonds is 3. The zero-order chi connectivity index (χ0) is 14.7. The highest BCUT2D eigenvalue weighted by Gasteiger charge is 2.22. The fourth-order valence-electron chi connectivity index (χ4n) is 3.18. The van der Waals surface area contributed by atoms with E-state index in [4.69, 9.17) is 11.5 Å². The first-order valence-corrected chi connectivity index (χ1v) is 7.74. The molecule has 1 aliphatic carbocycles. The molecule has 3 rings (SSSR count). The maximum absolute atomic E-state index is 5.83. The molecule has 0 radical (unpaired) electrons. The summed E-state index contributed by atoms with van der Waals surface area (Å²) >= 11 is 0. The van der Waals surface area contributed by atoms with Gasteiger partial charge in [-0.3, -0.25) is 0 Å². The zero-order valence-electron chi connectivity index (χ0n) is 12.3. The third kappa shape index (κ3) is 3.13. The minimum absolute atomic E-state index is 0.561. The van der Waals surface area contributed by atoms with Crippen LogP contribution in [0, 0.1) is 0 Å². The van der Waals surface area contributed by atoms with Crippen molar-refractivity contribution in [2.45, 2.75) is 38.1 Å². The van der Waals surface area contributed by atoms with E-state index in [1.54, 1.807) is 0 Å². The zero-order valence-corrected chi connectivity index (χ0v) is 12.3. The number of hydrogen-bond donors (Lipinski definition) is 2. The Bertz CT molecular complexity index is 523. The van der Waals surface area contributed by atoms with Gasteiger partial charge in [-0.2, -0.15) is 0 Å². The average Bonchev–Trinajstić information content (AvgIpc) is 2.52. The Hall–Kier alpha value is -2.16. The fourth-order valence-corrected chi connectivity index (χ4v) is 3.18. The summed E-state index contributed by atoms with van der Waals surface area (Å²) in [6, 6.07) is 16.9. The van der Waals surface area contributed by atoms with Gasteiger partial charge in [0.15, 0.2) is 0 Å². The fraction of sp³-hybridized carbons (Fsp3) is 0.333. The first kappa shape index (κ1) is 13.8. The minimum Gasteiger partial charge on any atom is -0.399 e. The standard InChI is InChI=1S/C18H23N3/c19-14-6-10-17(11-7-14)21(16-4-2-1-3-5-16)18-12-8-15(20)9-13-18/h6-13,16H,1-5,19-20H2. The van der Waals surface area contributed by atoms with Gasteiger partial charge < -0.3 is 16.4 Å². The Morgan fingerprint density at radius 1 is 0.667 bits per heavy atom. The molecule has 110 valence electrons. The molecule has 0 amide bonds. The Kier molecular flexibility index (Phi) is 4.00. The van der Waals surface area contributed by atoms with Gasteiger partial charge in [0, 0.05) is 28.8 Å². The Balaban J connectivity index is 1.97. The molecule has 3 heteroatoms. The summed E-state index contributed by atoms with van der Waals surface area (Å²) in [5.41, 5.74) is 15.7. The molecule has 0 heterocycles. The Morgan fingerprint density at radius 3 is 1.52 bits per heavy atom. The lowest BCUT2D eigenvalue weighted by Gasteiger charge is -2.36. The van der Waals surface area contributed by atoms with Crippen molar-refractivity contribution in [2.75, 3.05) is 16.4 Å². The lowest BCUT2D eigenvalue weighted by molar-refractivity contribution is 0.436. The van der Waals surface area contributed by atoms with Crippen LogP contribution in [0.2, 0.25) is 0 Å². The van der Waals surface area contributed by atoms with E-state index in [0.29, 0.717) is 6.04 Å². The number of nitrogens with zero attached hydrogens (tertiary/aromatic N) is 1. The second kappa shape index (κ2) is 6.08. The van der Waals surface area contributed by atoms with Crippen LogP contribution in [-0.4, -0.2) is 6.04 Å². The molecular weight excluding hydrogens is 258 g/mol. The maximum Gasteiger partial charge on any atom is 0.0414 e. The molecule has 1 fully saturated rings. The second-order valence-corrected chi connectivity index (χ2v) is 5.84. The van der Waals surface area contributed by atoms with Crippen molar-refractivity contribution in [3.05, 3.63) is 48.5 Å². The molecule has 0 unspecified atom stereocenters. The molecule has 0 spiro atoms. The van der Waals surface area contributed by atoms with Gasteiger partial charge >= 0.3 is 0 Å². The number of hydrogen-bond acceptors (Lipinski definition) is 3. The molecule has 2 aromatic carbocycles. The monoisotopic (exact) mass is 281 g/mol. The lowest BCUT2D eigenvalue weighted by atomic mass is 9.93. The van der Waals surface area contributed by atoms with Crippen molar-refractivity contribution < 1.29 is 0 Å². The molecule has 4 N–H and O–H groups in total. The Labute approximate surface area is 126 Å². The van der Waals surface area contributed by atoms with Crippen LogP contribution >= 0.6 is 0 Å². The average molecular weight is 281 g/mol. The summed E-state index contributed by atoms with van der Waals surface area (Å²) in [4.78, 5) is 2.44. The molecule has 3 nitrogen and oxygen atoms in total. The molecule has 0 bridgehead atoms. The topological polar surface area (TPSA) is 55.3 Å². The van der Waals surface area contributed by atoms with Gasteiger partial charge in [-0.15, -0.1) is 0 Å². The number of benzene rings is 2. The lowest BCUT2D eigenvalue weighted by Crippen LogP contribution is -2.32. The Morgan fingerprint density at radius 2 is 1.10 bits per heavy atom. The van der Waals surface area contributed by atoms with E-state index in [0.717, 1.165) is 11.4 Å². The van der Waals surface area contributed by atoms with Gasteiger partial charge in [0.2, 0.25) is 0 Å². The largest absolute Gasteiger partial charge is 0.399 e. The second-order valence-electron chi connectivity index (χ2n) is 5.84. The number of nitrogens with two attached hydrogens (primary N) is 2. The van der Waals surface area contributed by atoms with Crippen LogP contribution in [0.4, 0.5) is 22.7 Å². The number of anilines is 4. The molecule has 1 saturated carbocycles. The van der Waals surface area contributed by atoms with Crippen molar-refractivity contribution in [1.82, 2.24) is 0 Å². The van der Waals surface area contributed by atoms with E-state index in [9.17, 15) is 0 Å². The molecular formula is C18H23N3. The van der Waals surface area contributed by atoms with Gasteiger partial charge in [0.1, 0.15) is 0 Å². The summed E-state index contributed by atoms with van der Waals surface area (Å²) in [5, 5.41) is 0. The quantitative estimate of drug-likeness (QED) is 0.824. The first-order chi connectivity index (χ1) is 10.2. The van der Waals surface area contributed by atoms with Gasteiger partial charge in [-0.05, 0) is 61.4 Å². The summed E-state index contributed by atoms with van der Waals surface area (Å²) in [7, 11) is 0. The molecule has 21 heavy (non-hydrogen) atoms. The third-order valence-corrected chi connectivity index (χ3v) is 4.28. The van der Waals surface area contributed by atoms with Crippen LogP contribution in [0.5, 0.6) is 0 Å². The molecule has 0 aromatic heterocycles. The van der Waals surface area contributed by atoms with Crippen LogP contribution in [0.15, 0.2) is 48.5 Å². The van der Waals surface area contributed by atoms with Crippen LogP contribution < -0.4 is 16.4 Å². The van der Waals surface area contributed by atoms with Crippen molar-refractivity contribution in [2.24, 2.45) is 0 Å². The van der Waals surface area contributed by atoms with E-state index in [2.05, 4.69) is 29.2 Å². The molecule has 1 aliphatic rings. The van der Waals surface area contributed by atoms with Gasteiger partial charge in [0.25, 0.3) is 0 Å². The van der Waals surface area contributed by atoms with Gasteiger partial charge in [-0.25, -0.2) is 0 Å². The summed E-state index contributed by atoms with van der Waals surface area (Å²) in [6.45, 7) is 0. The third-order valence-electron chi connectivity index (χ3n) is 4.28. The molecule has 2 aromatic rings. The highest BCUT2D eigenvalue weighted by atomic mass is 15.2. The van der Waals surface area contributed by atoms with Crippen molar-refractivity contribution in [1.29, 1.82) is 0 Å². The van der Waals surface area contributed by atoms with E-state index < -0.39 is 0 Å². The van der Waals surface area contributed by atoms with E-state index in [1.165, 1.54) is 43.5 Å².